The average molecular weight is 342 g/mol. The minimum absolute atomic E-state index is 0.581. The van der Waals surface area contributed by atoms with Gasteiger partial charge in [0, 0.05) is 6.42 Å². The van der Waals surface area contributed by atoms with E-state index < -0.39 is 65.4 Å². The molecule has 0 aliphatic rings. The molecule has 0 bridgehead atoms. The summed E-state index contributed by atoms with van der Waals surface area (Å²) in [6.07, 6.45) is -2.29. The van der Waals surface area contributed by atoms with Gasteiger partial charge in [-0.15, -0.1) is 0 Å². The molecular weight excluding hydrogens is 328 g/mol. The smallest absolute Gasteiger partial charge is 0.322 e. The van der Waals surface area contributed by atoms with Crippen molar-refractivity contribution in [1.29, 1.82) is 0 Å². The minimum Gasteiger partial charge on any atom is -0.481 e. The van der Waals surface area contributed by atoms with Crippen LogP contribution in [0.1, 0.15) is 19.3 Å². The lowest BCUT2D eigenvalue weighted by Gasteiger charge is -2.17. The molecule has 0 radical (unpaired) electrons. The molecule has 0 saturated heterocycles. The number of hydrogen-bond donors (Lipinski definition) is 6. The quantitative estimate of drug-likeness (QED) is 0.235. The summed E-state index contributed by atoms with van der Waals surface area (Å²) in [6.45, 7) is 0. The highest BCUT2D eigenvalue weighted by Gasteiger charge is 2.30. The van der Waals surface area contributed by atoms with Gasteiger partial charge in [-0.3, -0.25) is 19.2 Å². The van der Waals surface area contributed by atoms with Gasteiger partial charge in [0.2, 0.25) is 0 Å². The van der Waals surface area contributed by atoms with Crippen LogP contribution < -0.4 is 9.44 Å². The fraction of sp³-hybridized carbons (Fsp3) is 0.556. The van der Waals surface area contributed by atoms with Gasteiger partial charge in [0.15, 0.2) is 0 Å². The predicted molar refractivity (Wildman–Crippen MR) is 67.2 cm³/mol. The van der Waals surface area contributed by atoms with Crippen molar-refractivity contribution in [2.45, 2.75) is 31.3 Å². The number of carbonyl (C=O) groups is 4. The van der Waals surface area contributed by atoms with Crippen LogP contribution in [0.3, 0.4) is 0 Å². The first-order valence-electron chi connectivity index (χ1n) is 5.63. The van der Waals surface area contributed by atoms with Gasteiger partial charge in [-0.2, -0.15) is 17.9 Å². The number of rotatable bonds is 11. The summed E-state index contributed by atoms with van der Waals surface area (Å²) in [6, 6.07) is -3.82. The van der Waals surface area contributed by atoms with Crippen LogP contribution in [-0.4, -0.2) is 64.8 Å². The summed E-state index contributed by atoms with van der Waals surface area (Å²) in [7, 11) is -4.68. The lowest BCUT2D eigenvalue weighted by molar-refractivity contribution is -0.145. The van der Waals surface area contributed by atoms with Gasteiger partial charge in [0.25, 0.3) is 10.2 Å². The second kappa shape index (κ2) is 8.26. The van der Waals surface area contributed by atoms with E-state index >= 15 is 0 Å². The van der Waals surface area contributed by atoms with Crippen LogP contribution >= 0.6 is 0 Å². The van der Waals surface area contributed by atoms with Crippen molar-refractivity contribution >= 4 is 34.1 Å². The normalized spacial score (nSPS) is 14.0. The third kappa shape index (κ3) is 8.13. The Labute approximate surface area is 123 Å². The van der Waals surface area contributed by atoms with Crippen molar-refractivity contribution in [3.05, 3.63) is 0 Å². The van der Waals surface area contributed by atoms with Crippen molar-refractivity contribution in [2.75, 3.05) is 0 Å². The molecule has 0 aliphatic heterocycles. The molecule has 0 amide bonds. The van der Waals surface area contributed by atoms with Gasteiger partial charge >= 0.3 is 23.9 Å². The molecule has 13 heteroatoms. The third-order valence-electron chi connectivity index (χ3n) is 2.22. The SMILES string of the molecule is O=C(O)CCC(NS(=O)(=O)NC(CC(=O)O)C(=O)O)C(=O)O. The van der Waals surface area contributed by atoms with Crippen LogP contribution in [0.15, 0.2) is 0 Å². The van der Waals surface area contributed by atoms with E-state index in [4.69, 9.17) is 20.4 Å². The summed E-state index contributed by atoms with van der Waals surface area (Å²) in [4.78, 5) is 42.3. The van der Waals surface area contributed by atoms with Gasteiger partial charge in [0.1, 0.15) is 12.1 Å². The molecule has 0 heterocycles. The highest BCUT2D eigenvalue weighted by atomic mass is 32.2. The molecule has 0 aliphatic carbocycles. The third-order valence-corrected chi connectivity index (χ3v) is 3.41. The topological polar surface area (TPSA) is 207 Å². The Morgan fingerprint density at radius 2 is 1.27 bits per heavy atom. The Bertz CT molecular complexity index is 557. The van der Waals surface area contributed by atoms with E-state index in [-0.39, 0.29) is 0 Å². The zero-order valence-electron chi connectivity index (χ0n) is 10.9. The van der Waals surface area contributed by atoms with Crippen LogP contribution in [0.4, 0.5) is 0 Å². The van der Waals surface area contributed by atoms with E-state index in [9.17, 15) is 27.6 Å². The standard InChI is InChI=1S/C9H14N2O10S/c12-6(13)2-1-4(8(16)17)10-22(20,21)11-5(9(18)19)3-7(14)15/h4-5,10-11H,1-3H2,(H,12,13)(H,14,15)(H,16,17)(H,18,19). The van der Waals surface area contributed by atoms with Crippen LogP contribution in [0.25, 0.3) is 0 Å². The zero-order chi connectivity index (χ0) is 17.5. The molecule has 2 atom stereocenters. The van der Waals surface area contributed by atoms with Gasteiger partial charge in [-0.05, 0) is 6.42 Å². The molecule has 0 rings (SSSR count). The number of hydrogen-bond acceptors (Lipinski definition) is 6. The molecule has 0 saturated carbocycles. The fourth-order valence-electron chi connectivity index (χ4n) is 1.26. The number of aliphatic carboxylic acids is 4. The summed E-state index contributed by atoms with van der Waals surface area (Å²) >= 11 is 0. The van der Waals surface area contributed by atoms with Crippen LogP contribution in [-0.2, 0) is 29.4 Å². The van der Waals surface area contributed by atoms with Crippen molar-refractivity contribution in [3.8, 4) is 0 Å². The van der Waals surface area contributed by atoms with Crippen LogP contribution in [0.2, 0.25) is 0 Å². The number of carboxylic acid groups (broad SMARTS) is 4. The lowest BCUT2D eigenvalue weighted by Crippen LogP contribution is -2.51. The van der Waals surface area contributed by atoms with E-state index in [0.29, 0.717) is 0 Å². The van der Waals surface area contributed by atoms with Crippen LogP contribution in [0.5, 0.6) is 0 Å². The summed E-state index contributed by atoms with van der Waals surface area (Å²) in [5, 5.41) is 34.4. The molecule has 12 nitrogen and oxygen atoms in total. The van der Waals surface area contributed by atoms with E-state index in [2.05, 4.69) is 0 Å². The summed E-state index contributed by atoms with van der Waals surface area (Å²) in [5.41, 5.74) is 0. The van der Waals surface area contributed by atoms with Crippen molar-refractivity contribution in [3.63, 3.8) is 0 Å². The summed E-state index contributed by atoms with van der Waals surface area (Å²) < 4.78 is 26.2. The maximum absolute atomic E-state index is 11.6. The Morgan fingerprint density at radius 1 is 0.818 bits per heavy atom. The van der Waals surface area contributed by atoms with E-state index in [1.807, 2.05) is 0 Å². The molecule has 0 aromatic heterocycles. The largest absolute Gasteiger partial charge is 0.481 e. The highest BCUT2D eigenvalue weighted by molar-refractivity contribution is 7.87. The second-order valence-corrected chi connectivity index (χ2v) is 5.53. The van der Waals surface area contributed by atoms with E-state index in [1.165, 1.54) is 4.72 Å². The lowest BCUT2D eigenvalue weighted by atomic mass is 10.2. The predicted octanol–water partition coefficient (Wildman–Crippen LogP) is -2.34. The second-order valence-electron chi connectivity index (χ2n) is 4.05. The molecule has 126 valence electrons. The number of nitrogens with one attached hydrogen (secondary N) is 2. The Balaban J connectivity index is 4.95. The van der Waals surface area contributed by atoms with Gasteiger partial charge in [-0.25, -0.2) is 0 Å². The zero-order valence-corrected chi connectivity index (χ0v) is 11.7. The van der Waals surface area contributed by atoms with Crippen molar-refractivity contribution in [2.24, 2.45) is 0 Å². The molecule has 0 aromatic rings. The average Bonchev–Trinajstić information content (AvgIpc) is 2.32. The first-order valence-corrected chi connectivity index (χ1v) is 7.11. The molecule has 6 N–H and O–H groups in total. The Hall–Kier alpha value is -2.25. The monoisotopic (exact) mass is 342 g/mol. The molecule has 2 unspecified atom stereocenters. The molecule has 0 fully saturated rings. The Morgan fingerprint density at radius 3 is 1.64 bits per heavy atom. The first kappa shape index (κ1) is 19.8. The minimum atomic E-state index is -4.68. The number of carboxylic acids is 4. The highest BCUT2D eigenvalue weighted by Crippen LogP contribution is 2.02. The van der Waals surface area contributed by atoms with Crippen molar-refractivity contribution < 1.29 is 48.0 Å². The Kier molecular flexibility index (Phi) is 7.41. The molecule has 22 heavy (non-hydrogen) atoms. The van der Waals surface area contributed by atoms with Gasteiger partial charge in [-0.1, -0.05) is 0 Å². The van der Waals surface area contributed by atoms with Crippen LogP contribution in [0, 0.1) is 0 Å². The van der Waals surface area contributed by atoms with E-state index in [1.54, 1.807) is 4.72 Å². The fourth-order valence-corrected chi connectivity index (χ4v) is 2.48. The molecular formula is C9H14N2O10S. The molecule has 0 spiro atoms. The first-order chi connectivity index (χ1) is 9.94. The van der Waals surface area contributed by atoms with E-state index in [0.717, 1.165) is 0 Å². The van der Waals surface area contributed by atoms with Crippen molar-refractivity contribution in [1.82, 2.24) is 9.44 Å². The maximum atomic E-state index is 11.6. The van der Waals surface area contributed by atoms with Gasteiger partial charge in [0.05, 0.1) is 6.42 Å². The van der Waals surface area contributed by atoms with Gasteiger partial charge < -0.3 is 20.4 Å². The summed E-state index contributed by atoms with van der Waals surface area (Å²) in [5.74, 6) is -6.38. The maximum Gasteiger partial charge on any atom is 0.322 e. The molecule has 0 aromatic carbocycles.